The fraction of sp³-hybridized carbons (Fsp3) is 0.455. The molecule has 1 heterocycles. The maximum atomic E-state index is 11.1. The van der Waals surface area contributed by atoms with Crippen molar-refractivity contribution in [3.8, 4) is 0 Å². The van der Waals surface area contributed by atoms with Gasteiger partial charge < -0.3 is 0 Å². The van der Waals surface area contributed by atoms with Crippen LogP contribution in [0.15, 0.2) is 18.3 Å². The molecule has 0 aliphatic rings. The van der Waals surface area contributed by atoms with Crippen LogP contribution in [0, 0.1) is 6.92 Å². The quantitative estimate of drug-likeness (QED) is 0.706. The first-order valence-electron chi connectivity index (χ1n) is 4.66. The number of hydrogen-bond donors (Lipinski definition) is 0. The van der Waals surface area contributed by atoms with Crippen LogP contribution in [0.3, 0.4) is 0 Å². The fourth-order valence-electron chi connectivity index (χ4n) is 1.23. The molecule has 1 rings (SSSR count). The standard InChI is InChI=1S/C11H15NO/c1-3-11(13)7-6-10-5-4-8-12-9(10)2/h4-5,8H,3,6-7H2,1-2H3. The van der Waals surface area contributed by atoms with Crippen LogP contribution in [-0.4, -0.2) is 10.8 Å². The van der Waals surface area contributed by atoms with Gasteiger partial charge in [-0.3, -0.25) is 9.78 Å². The van der Waals surface area contributed by atoms with Crippen LogP contribution in [0.25, 0.3) is 0 Å². The summed E-state index contributed by atoms with van der Waals surface area (Å²) in [6, 6.07) is 3.95. The van der Waals surface area contributed by atoms with Gasteiger partial charge in [0.05, 0.1) is 0 Å². The Hall–Kier alpha value is -1.18. The molecule has 2 heteroatoms. The number of hydrogen-bond acceptors (Lipinski definition) is 2. The highest BCUT2D eigenvalue weighted by atomic mass is 16.1. The van der Waals surface area contributed by atoms with Crippen molar-refractivity contribution in [2.75, 3.05) is 0 Å². The number of pyridine rings is 1. The van der Waals surface area contributed by atoms with Crippen LogP contribution >= 0.6 is 0 Å². The number of carbonyl (C=O) groups excluding carboxylic acids is 1. The minimum Gasteiger partial charge on any atom is -0.300 e. The van der Waals surface area contributed by atoms with Crippen molar-refractivity contribution in [3.63, 3.8) is 0 Å². The molecule has 0 saturated carbocycles. The number of aryl methyl sites for hydroxylation is 2. The van der Waals surface area contributed by atoms with Crippen molar-refractivity contribution in [1.29, 1.82) is 0 Å². The van der Waals surface area contributed by atoms with Gasteiger partial charge in [0.15, 0.2) is 0 Å². The Bertz CT molecular complexity index is 294. The Morgan fingerprint density at radius 3 is 2.92 bits per heavy atom. The number of rotatable bonds is 4. The van der Waals surface area contributed by atoms with Crippen molar-refractivity contribution < 1.29 is 4.79 Å². The summed E-state index contributed by atoms with van der Waals surface area (Å²) in [7, 11) is 0. The second kappa shape index (κ2) is 4.75. The van der Waals surface area contributed by atoms with Crippen molar-refractivity contribution in [2.45, 2.75) is 33.1 Å². The molecule has 0 unspecified atom stereocenters. The van der Waals surface area contributed by atoms with Gasteiger partial charge in [-0.2, -0.15) is 0 Å². The third-order valence-corrected chi connectivity index (χ3v) is 2.18. The van der Waals surface area contributed by atoms with Gasteiger partial charge in [-0.25, -0.2) is 0 Å². The highest BCUT2D eigenvalue weighted by Gasteiger charge is 2.01. The van der Waals surface area contributed by atoms with Crippen molar-refractivity contribution in [1.82, 2.24) is 4.98 Å². The average molecular weight is 177 g/mol. The highest BCUT2D eigenvalue weighted by molar-refractivity contribution is 5.78. The second-order valence-corrected chi connectivity index (χ2v) is 3.14. The molecule has 13 heavy (non-hydrogen) atoms. The van der Waals surface area contributed by atoms with Crippen molar-refractivity contribution >= 4 is 5.78 Å². The molecular weight excluding hydrogens is 162 g/mol. The van der Waals surface area contributed by atoms with Gasteiger partial charge >= 0.3 is 0 Å². The second-order valence-electron chi connectivity index (χ2n) is 3.14. The zero-order valence-electron chi connectivity index (χ0n) is 8.21. The molecule has 2 nitrogen and oxygen atoms in total. The molecule has 0 aromatic carbocycles. The number of carbonyl (C=O) groups is 1. The summed E-state index contributed by atoms with van der Waals surface area (Å²) in [5.41, 5.74) is 2.22. The van der Waals surface area contributed by atoms with Gasteiger partial charge in [0.1, 0.15) is 5.78 Å². The Labute approximate surface area is 79.0 Å². The Morgan fingerprint density at radius 1 is 1.54 bits per heavy atom. The number of ketones is 1. The first-order valence-corrected chi connectivity index (χ1v) is 4.66. The third-order valence-electron chi connectivity index (χ3n) is 2.18. The molecule has 1 aromatic rings. The van der Waals surface area contributed by atoms with E-state index in [1.807, 2.05) is 26.0 Å². The Morgan fingerprint density at radius 2 is 2.31 bits per heavy atom. The normalized spacial score (nSPS) is 10.0. The van der Waals surface area contributed by atoms with Gasteiger partial charge in [-0.1, -0.05) is 13.0 Å². The first-order chi connectivity index (χ1) is 6.24. The van der Waals surface area contributed by atoms with E-state index in [0.717, 1.165) is 12.1 Å². The molecule has 0 aliphatic carbocycles. The monoisotopic (exact) mass is 177 g/mol. The summed E-state index contributed by atoms with van der Waals surface area (Å²) in [6.07, 6.45) is 3.88. The van der Waals surface area contributed by atoms with E-state index in [1.165, 1.54) is 5.56 Å². The summed E-state index contributed by atoms with van der Waals surface area (Å²) in [6.45, 7) is 3.88. The molecule has 70 valence electrons. The lowest BCUT2D eigenvalue weighted by molar-refractivity contribution is -0.118. The third kappa shape index (κ3) is 2.98. The number of nitrogens with zero attached hydrogens (tertiary/aromatic N) is 1. The maximum Gasteiger partial charge on any atom is 0.132 e. The van der Waals surface area contributed by atoms with Gasteiger partial charge in [0, 0.05) is 24.7 Å². The van der Waals surface area contributed by atoms with E-state index >= 15 is 0 Å². The molecule has 0 bridgehead atoms. The van der Waals surface area contributed by atoms with Crippen LogP contribution < -0.4 is 0 Å². The lowest BCUT2D eigenvalue weighted by Gasteiger charge is -2.02. The van der Waals surface area contributed by atoms with Crippen LogP contribution in [0.5, 0.6) is 0 Å². The van der Waals surface area contributed by atoms with Crippen LogP contribution in [0.1, 0.15) is 31.0 Å². The average Bonchev–Trinajstić information content (AvgIpc) is 2.16. The van der Waals surface area contributed by atoms with E-state index in [1.54, 1.807) is 6.20 Å². The van der Waals surface area contributed by atoms with Gasteiger partial charge in [-0.05, 0) is 25.0 Å². The predicted octanol–water partition coefficient (Wildman–Crippen LogP) is 2.30. The SMILES string of the molecule is CCC(=O)CCc1cccnc1C. The van der Waals surface area contributed by atoms with Crippen LogP contribution in [0.4, 0.5) is 0 Å². The number of aromatic nitrogens is 1. The first kappa shape index (κ1) is 9.90. The zero-order chi connectivity index (χ0) is 9.68. The summed E-state index contributed by atoms with van der Waals surface area (Å²) >= 11 is 0. The van der Waals surface area contributed by atoms with Crippen LogP contribution in [0.2, 0.25) is 0 Å². The lowest BCUT2D eigenvalue weighted by atomic mass is 10.1. The minimum absolute atomic E-state index is 0.322. The molecule has 0 aliphatic heterocycles. The van der Waals surface area contributed by atoms with E-state index in [-0.39, 0.29) is 0 Å². The predicted molar refractivity (Wildman–Crippen MR) is 52.6 cm³/mol. The summed E-state index contributed by atoms with van der Waals surface area (Å²) in [4.78, 5) is 15.2. The Balaban J connectivity index is 2.54. The molecule has 0 fully saturated rings. The molecule has 0 saturated heterocycles. The molecule has 0 atom stereocenters. The van der Waals surface area contributed by atoms with Gasteiger partial charge in [-0.15, -0.1) is 0 Å². The Kier molecular flexibility index (Phi) is 3.62. The summed E-state index contributed by atoms with van der Waals surface area (Å²) < 4.78 is 0. The van der Waals surface area contributed by atoms with E-state index in [0.29, 0.717) is 18.6 Å². The molecule has 0 amide bonds. The maximum absolute atomic E-state index is 11.1. The smallest absolute Gasteiger partial charge is 0.132 e. The molecule has 1 aromatic heterocycles. The molecule has 0 N–H and O–H groups in total. The number of Topliss-reactive ketones (excluding diaryl/α,β-unsaturated/α-hetero) is 1. The van der Waals surface area contributed by atoms with E-state index in [9.17, 15) is 4.79 Å². The largest absolute Gasteiger partial charge is 0.300 e. The van der Waals surface area contributed by atoms with E-state index < -0.39 is 0 Å². The van der Waals surface area contributed by atoms with E-state index in [4.69, 9.17) is 0 Å². The lowest BCUT2D eigenvalue weighted by Crippen LogP contribution is -1.99. The van der Waals surface area contributed by atoms with E-state index in [2.05, 4.69) is 4.98 Å². The minimum atomic E-state index is 0.322. The van der Waals surface area contributed by atoms with Gasteiger partial charge in [0.25, 0.3) is 0 Å². The zero-order valence-corrected chi connectivity index (χ0v) is 8.21. The topological polar surface area (TPSA) is 30.0 Å². The molecule has 0 spiro atoms. The fourth-order valence-corrected chi connectivity index (χ4v) is 1.23. The van der Waals surface area contributed by atoms with Gasteiger partial charge in [0.2, 0.25) is 0 Å². The van der Waals surface area contributed by atoms with Crippen LogP contribution in [-0.2, 0) is 11.2 Å². The molecular formula is C11H15NO. The highest BCUT2D eigenvalue weighted by Crippen LogP contribution is 2.07. The molecule has 0 radical (unpaired) electrons. The van der Waals surface area contributed by atoms with Crippen molar-refractivity contribution in [2.24, 2.45) is 0 Å². The summed E-state index contributed by atoms with van der Waals surface area (Å²) in [5, 5.41) is 0. The van der Waals surface area contributed by atoms with Crippen molar-refractivity contribution in [3.05, 3.63) is 29.6 Å². The summed E-state index contributed by atoms with van der Waals surface area (Å²) in [5.74, 6) is 0.322.